The number of hydrogen-bond acceptors (Lipinski definition) is 4. The van der Waals surface area contributed by atoms with Crippen molar-refractivity contribution >= 4 is 12.6 Å². The molecule has 0 aliphatic heterocycles. The Morgan fingerprint density at radius 1 is 1.53 bits per heavy atom. The van der Waals surface area contributed by atoms with Gasteiger partial charge in [0, 0.05) is 20.2 Å². The zero-order valence-corrected chi connectivity index (χ0v) is 10.7. The van der Waals surface area contributed by atoms with Crippen molar-refractivity contribution in [2.75, 3.05) is 39.6 Å². The predicted molar refractivity (Wildman–Crippen MR) is 65.5 cm³/mol. The van der Waals surface area contributed by atoms with Crippen LogP contribution < -0.4 is 0 Å². The molecule has 4 heteroatoms. The highest BCUT2D eigenvalue weighted by Crippen LogP contribution is 2.42. The van der Waals surface area contributed by atoms with Crippen molar-refractivity contribution in [3.8, 4) is 0 Å². The Balaban J connectivity index is 2.25. The molecule has 0 aromatic carbocycles. The zero-order valence-electron chi connectivity index (χ0n) is 9.78. The van der Waals surface area contributed by atoms with Gasteiger partial charge in [-0.1, -0.05) is 6.42 Å². The lowest BCUT2D eigenvalue weighted by Gasteiger charge is -2.43. The molecule has 0 aromatic heterocycles. The van der Waals surface area contributed by atoms with Crippen molar-refractivity contribution in [3.05, 3.63) is 0 Å². The van der Waals surface area contributed by atoms with E-state index in [1.165, 1.54) is 19.3 Å². The first-order valence-corrected chi connectivity index (χ1v) is 6.21. The Bertz CT molecular complexity index is 180. The summed E-state index contributed by atoms with van der Waals surface area (Å²) >= 11 is 4.43. The van der Waals surface area contributed by atoms with Gasteiger partial charge < -0.3 is 14.7 Å². The summed E-state index contributed by atoms with van der Waals surface area (Å²) in [6.45, 7) is 2.14. The quantitative estimate of drug-likeness (QED) is 0.644. The van der Waals surface area contributed by atoms with E-state index in [4.69, 9.17) is 4.74 Å². The van der Waals surface area contributed by atoms with Gasteiger partial charge in [-0.25, -0.2) is 0 Å². The van der Waals surface area contributed by atoms with E-state index in [-0.39, 0.29) is 6.10 Å². The van der Waals surface area contributed by atoms with Gasteiger partial charge in [0.25, 0.3) is 0 Å². The van der Waals surface area contributed by atoms with Gasteiger partial charge in [-0.05, 0) is 31.1 Å². The van der Waals surface area contributed by atoms with Gasteiger partial charge >= 0.3 is 0 Å². The molecule has 15 heavy (non-hydrogen) atoms. The predicted octanol–water partition coefficient (Wildman–Crippen LogP) is 1.03. The number of aliphatic hydroxyl groups excluding tert-OH is 1. The van der Waals surface area contributed by atoms with Crippen molar-refractivity contribution < 1.29 is 9.84 Å². The molecule has 0 saturated heterocycles. The Hall–Kier alpha value is 0.230. The summed E-state index contributed by atoms with van der Waals surface area (Å²) in [6, 6.07) is 0. The molecule has 3 nitrogen and oxygen atoms in total. The van der Waals surface area contributed by atoms with Crippen LogP contribution in [0.1, 0.15) is 19.3 Å². The first-order chi connectivity index (χ1) is 7.12. The number of ether oxygens (including phenoxy) is 1. The summed E-state index contributed by atoms with van der Waals surface area (Å²) in [6.07, 6.45) is 3.51. The molecule has 90 valence electrons. The van der Waals surface area contributed by atoms with E-state index in [1.54, 1.807) is 7.11 Å². The molecule has 1 aliphatic rings. The lowest BCUT2D eigenvalue weighted by molar-refractivity contribution is 0.0248. The Morgan fingerprint density at radius 3 is 2.60 bits per heavy atom. The van der Waals surface area contributed by atoms with Gasteiger partial charge in [0.2, 0.25) is 0 Å². The Kier molecular flexibility index (Phi) is 5.39. The number of rotatable bonds is 7. The van der Waals surface area contributed by atoms with Gasteiger partial charge in [-0.2, -0.15) is 12.6 Å². The fraction of sp³-hybridized carbons (Fsp3) is 1.00. The minimum atomic E-state index is -0.378. The summed E-state index contributed by atoms with van der Waals surface area (Å²) in [4.78, 5) is 2.19. The molecule has 0 heterocycles. The second kappa shape index (κ2) is 6.09. The molecule has 1 atom stereocenters. The largest absolute Gasteiger partial charge is 0.389 e. The third-order valence-corrected chi connectivity index (χ3v) is 3.91. The van der Waals surface area contributed by atoms with Crippen LogP contribution in [-0.2, 0) is 4.74 Å². The average Bonchev–Trinajstić information content (AvgIpc) is 2.11. The van der Waals surface area contributed by atoms with Crippen LogP contribution >= 0.6 is 12.6 Å². The Morgan fingerprint density at radius 2 is 2.20 bits per heavy atom. The molecule has 0 radical (unpaired) electrons. The molecule has 0 spiro atoms. The molecule has 1 saturated carbocycles. The highest BCUT2D eigenvalue weighted by molar-refractivity contribution is 7.80. The van der Waals surface area contributed by atoms with Crippen LogP contribution in [0.15, 0.2) is 0 Å². The van der Waals surface area contributed by atoms with Gasteiger partial charge in [-0.15, -0.1) is 0 Å². The minimum Gasteiger partial charge on any atom is -0.389 e. The van der Waals surface area contributed by atoms with Crippen LogP contribution in [0.3, 0.4) is 0 Å². The van der Waals surface area contributed by atoms with Crippen LogP contribution in [0, 0.1) is 5.41 Å². The van der Waals surface area contributed by atoms with Crippen molar-refractivity contribution in [2.45, 2.75) is 25.4 Å². The molecular formula is C11H23NO2S. The summed E-state index contributed by atoms with van der Waals surface area (Å²) in [5.74, 6) is 0.956. The summed E-state index contributed by atoms with van der Waals surface area (Å²) in [7, 11) is 3.67. The van der Waals surface area contributed by atoms with E-state index >= 15 is 0 Å². The monoisotopic (exact) mass is 233 g/mol. The van der Waals surface area contributed by atoms with Crippen molar-refractivity contribution in [1.82, 2.24) is 4.90 Å². The summed E-state index contributed by atoms with van der Waals surface area (Å²) in [5.41, 5.74) is 0.407. The number of likely N-dealkylation sites (N-methyl/N-ethyl adjacent to an activating group) is 1. The van der Waals surface area contributed by atoms with E-state index in [0.29, 0.717) is 18.6 Å². The highest BCUT2D eigenvalue weighted by Gasteiger charge is 2.36. The van der Waals surface area contributed by atoms with Crippen molar-refractivity contribution in [1.29, 1.82) is 0 Å². The fourth-order valence-electron chi connectivity index (χ4n) is 2.28. The second-order valence-electron chi connectivity index (χ2n) is 4.82. The number of methoxy groups -OCH3 is 1. The molecule has 0 amide bonds. The molecule has 1 rings (SSSR count). The smallest absolute Gasteiger partial charge is 0.0899 e. The third kappa shape index (κ3) is 3.94. The van der Waals surface area contributed by atoms with Crippen LogP contribution in [0.4, 0.5) is 0 Å². The maximum absolute atomic E-state index is 9.59. The molecule has 1 unspecified atom stereocenters. The molecule has 0 aromatic rings. The first kappa shape index (κ1) is 13.3. The van der Waals surface area contributed by atoms with Crippen molar-refractivity contribution in [2.24, 2.45) is 5.41 Å². The van der Waals surface area contributed by atoms with Crippen LogP contribution in [0.25, 0.3) is 0 Å². The van der Waals surface area contributed by atoms with Gasteiger partial charge in [-0.3, -0.25) is 0 Å². The van der Waals surface area contributed by atoms with Gasteiger partial charge in [0.1, 0.15) is 0 Å². The number of nitrogens with zero attached hydrogens (tertiary/aromatic N) is 1. The van der Waals surface area contributed by atoms with Crippen LogP contribution in [0.5, 0.6) is 0 Å². The number of aliphatic hydroxyl groups is 1. The molecular weight excluding hydrogens is 210 g/mol. The maximum Gasteiger partial charge on any atom is 0.0899 e. The van der Waals surface area contributed by atoms with E-state index in [1.807, 2.05) is 0 Å². The zero-order chi connectivity index (χ0) is 11.3. The lowest BCUT2D eigenvalue weighted by atomic mass is 9.70. The van der Waals surface area contributed by atoms with E-state index < -0.39 is 0 Å². The first-order valence-electron chi connectivity index (χ1n) is 5.58. The average molecular weight is 233 g/mol. The molecule has 1 N–H and O–H groups in total. The summed E-state index contributed by atoms with van der Waals surface area (Å²) in [5, 5.41) is 9.59. The lowest BCUT2D eigenvalue weighted by Crippen LogP contribution is -2.44. The minimum absolute atomic E-state index is 0.378. The maximum atomic E-state index is 9.59. The molecule has 1 fully saturated rings. The third-order valence-electron chi connectivity index (χ3n) is 3.24. The molecule has 0 bridgehead atoms. The SMILES string of the molecule is COCC(O)CN(C)CC1(CS)CCC1. The van der Waals surface area contributed by atoms with Crippen molar-refractivity contribution in [3.63, 3.8) is 0 Å². The standard InChI is InChI=1S/C11H23NO2S/c1-12(6-10(13)7-14-2)8-11(9-15)4-3-5-11/h10,13,15H,3-9H2,1-2H3. The fourth-order valence-corrected chi connectivity index (χ4v) is 2.70. The second-order valence-corrected chi connectivity index (χ2v) is 5.13. The Labute approximate surface area is 98.2 Å². The molecule has 1 aliphatic carbocycles. The van der Waals surface area contributed by atoms with E-state index in [0.717, 1.165) is 12.3 Å². The van der Waals surface area contributed by atoms with E-state index in [9.17, 15) is 5.11 Å². The van der Waals surface area contributed by atoms with E-state index in [2.05, 4.69) is 24.6 Å². The van der Waals surface area contributed by atoms with Gasteiger partial charge in [0.15, 0.2) is 0 Å². The summed E-state index contributed by atoms with van der Waals surface area (Å²) < 4.78 is 4.91. The topological polar surface area (TPSA) is 32.7 Å². The number of hydrogen-bond donors (Lipinski definition) is 2. The van der Waals surface area contributed by atoms with Crippen LogP contribution in [0.2, 0.25) is 0 Å². The normalized spacial score (nSPS) is 21.4. The highest BCUT2D eigenvalue weighted by atomic mass is 32.1. The van der Waals surface area contributed by atoms with Crippen LogP contribution in [-0.4, -0.2) is 55.7 Å². The van der Waals surface area contributed by atoms with Gasteiger partial charge in [0.05, 0.1) is 12.7 Å². The number of thiol groups is 1.